The van der Waals surface area contributed by atoms with Crippen molar-refractivity contribution in [2.45, 2.75) is 233 Å². The molecule has 7 rings (SSSR count). The maximum atomic E-state index is 13.2. The molecule has 0 bridgehead atoms. The average molecular weight is 1110 g/mol. The van der Waals surface area contributed by atoms with Gasteiger partial charge in [0.15, 0.2) is 5.71 Å². The molecule has 0 spiro atoms. The van der Waals surface area contributed by atoms with Crippen LogP contribution in [-0.4, -0.2) is 69.4 Å². The molecule has 8 nitrogen and oxygen atoms in total. The molecule has 7 atom stereocenters. The third kappa shape index (κ3) is 15.5. The van der Waals surface area contributed by atoms with Gasteiger partial charge in [-0.2, -0.15) is 4.58 Å². The van der Waals surface area contributed by atoms with Crippen LogP contribution in [0, 0.1) is 29.1 Å². The fourth-order valence-corrected chi connectivity index (χ4v) is 13.8. The first-order valence-corrected chi connectivity index (χ1v) is 31.7. The zero-order chi connectivity index (χ0) is 57.8. The maximum Gasteiger partial charge on any atom is 0.311 e. The van der Waals surface area contributed by atoms with E-state index < -0.39 is 17.6 Å². The molecule has 0 saturated carbocycles. The van der Waals surface area contributed by atoms with E-state index in [0.717, 1.165) is 82.3 Å². The van der Waals surface area contributed by atoms with Gasteiger partial charge in [0.05, 0.1) is 23.0 Å². The molecule has 0 aromatic heterocycles. The minimum atomic E-state index is -0.897. The van der Waals surface area contributed by atoms with Gasteiger partial charge in [-0.3, -0.25) is 14.4 Å². The van der Waals surface area contributed by atoms with Crippen LogP contribution in [0.3, 0.4) is 0 Å². The lowest BCUT2D eigenvalue weighted by molar-refractivity contribution is -0.438. The van der Waals surface area contributed by atoms with Crippen LogP contribution < -0.4 is 4.90 Å². The van der Waals surface area contributed by atoms with Gasteiger partial charge in [0, 0.05) is 84.1 Å². The van der Waals surface area contributed by atoms with Gasteiger partial charge >= 0.3 is 5.97 Å². The quantitative estimate of drug-likeness (QED) is 0.0475. The number of ketones is 2. The number of halogens is 1. The predicted octanol–water partition coefficient (Wildman–Crippen LogP) is 16.8. The number of ether oxygens (including phenoxy) is 1. The number of para-hydroxylation sites is 2. The van der Waals surface area contributed by atoms with Gasteiger partial charge < -0.3 is 19.8 Å². The summed E-state index contributed by atoms with van der Waals surface area (Å²) in [5.41, 5.74) is 10.7. The number of nitrogens with zero attached hydrogens (tertiary/aromatic N) is 2. The molecule has 2 aromatic carbocycles. The van der Waals surface area contributed by atoms with Gasteiger partial charge in [0.1, 0.15) is 24.2 Å². The van der Waals surface area contributed by atoms with Crippen LogP contribution in [0.1, 0.15) is 215 Å². The Kier molecular flexibility index (Phi) is 22.5. The number of carbonyl (C=O) groups is 3. The SMILES string of the molecule is CCCCC[N+]1=C(/C=C/C2=C(Cl)C(=C/C=C3/N(CCCCCC(=O)CCCCCC(=O)C[C@H](O)C[C@H](O)CC[C@@H]4[C@@H]5C(=C[C@H](C)C[C@@H]5OC(=O)C(C)(C)CC)C=C[C@@H]4C)c4ccccc4C3(C)C)/CCC2)C(C)(C)c2ccccc21. The first kappa shape index (κ1) is 63.0. The highest BCUT2D eigenvalue weighted by molar-refractivity contribution is 6.32. The third-order valence-corrected chi connectivity index (χ3v) is 19.3. The van der Waals surface area contributed by atoms with Crippen LogP contribution in [0.4, 0.5) is 11.4 Å². The molecule has 0 radical (unpaired) electrons. The molecule has 436 valence electrons. The molecule has 0 unspecified atom stereocenters. The number of allylic oxidation sites excluding steroid dienone is 11. The van der Waals surface area contributed by atoms with Crippen LogP contribution >= 0.6 is 11.6 Å². The Morgan fingerprint density at radius 1 is 0.825 bits per heavy atom. The van der Waals surface area contributed by atoms with E-state index in [1.165, 1.54) is 69.9 Å². The van der Waals surface area contributed by atoms with Crippen molar-refractivity contribution in [1.82, 2.24) is 0 Å². The zero-order valence-electron chi connectivity index (χ0n) is 50.8. The number of aliphatic hydroxyl groups is 2. The van der Waals surface area contributed by atoms with E-state index in [2.05, 4.69) is 149 Å². The molecule has 2 N–H and O–H groups in total. The third-order valence-electron chi connectivity index (χ3n) is 18.8. The highest BCUT2D eigenvalue weighted by atomic mass is 35.5. The summed E-state index contributed by atoms with van der Waals surface area (Å²) in [5.74, 6) is 0.968. The summed E-state index contributed by atoms with van der Waals surface area (Å²) in [6.45, 7) is 23.8. The first-order chi connectivity index (χ1) is 38.2. The lowest BCUT2D eigenvalue weighted by Crippen LogP contribution is -2.43. The number of hydrogen-bond acceptors (Lipinski definition) is 7. The highest BCUT2D eigenvalue weighted by Crippen LogP contribution is 2.49. The number of hydrogen-bond donors (Lipinski definition) is 2. The van der Waals surface area contributed by atoms with E-state index in [-0.39, 0.29) is 65.1 Å². The number of carbonyl (C=O) groups excluding carboxylic acids is 3. The van der Waals surface area contributed by atoms with E-state index in [0.29, 0.717) is 44.4 Å². The molecule has 5 aliphatic rings. The summed E-state index contributed by atoms with van der Waals surface area (Å²) in [4.78, 5) is 41.6. The summed E-state index contributed by atoms with van der Waals surface area (Å²) >= 11 is 7.34. The number of rotatable bonds is 29. The van der Waals surface area contributed by atoms with Crippen molar-refractivity contribution in [2.75, 3.05) is 18.0 Å². The zero-order valence-corrected chi connectivity index (χ0v) is 51.5. The second kappa shape index (κ2) is 28.6. The smallest absolute Gasteiger partial charge is 0.311 e. The number of unbranched alkanes of at least 4 members (excludes halogenated alkanes) is 6. The van der Waals surface area contributed by atoms with Crippen molar-refractivity contribution in [3.63, 3.8) is 0 Å². The molecule has 0 saturated heterocycles. The van der Waals surface area contributed by atoms with Crippen molar-refractivity contribution in [2.24, 2.45) is 29.1 Å². The summed E-state index contributed by atoms with van der Waals surface area (Å²) in [7, 11) is 0. The number of Topliss-reactive ketones (excluding diaryl/α,β-unsaturated/α-hetero) is 2. The molecule has 2 aliphatic heterocycles. The van der Waals surface area contributed by atoms with Crippen LogP contribution in [0.5, 0.6) is 0 Å². The van der Waals surface area contributed by atoms with Gasteiger partial charge in [0.25, 0.3) is 0 Å². The van der Waals surface area contributed by atoms with Crippen molar-refractivity contribution < 1.29 is 33.9 Å². The standard InChI is InChI=1S/C71H100ClN2O6/c1-11-13-23-43-73-61-33-21-19-31-59(61)70(7,8)64(73)41-37-51-26-25-27-52(67(51)72)38-42-65-71(9,10)60-32-20-22-34-62(60)74(65)44-24-15-18-29-54(75)28-16-14-17-30-55(76)47-57(78)48-56(77)39-40-58-50(4)35-36-53-45-49(3)46-63(66(53)58)80-68(79)69(5,6)12-2/h19-22,31-38,41-42,45,49-50,56-58,63,66,77-78H,11-18,23-30,39-40,43-44,46-48H2,1-10H3/q+1/t49-,50-,56+,57-,58-,63-,66-/m0/s1. The monoisotopic (exact) mass is 1110 g/mol. The van der Waals surface area contributed by atoms with Gasteiger partial charge in [-0.15, -0.1) is 0 Å². The van der Waals surface area contributed by atoms with Crippen LogP contribution in [0.2, 0.25) is 0 Å². The van der Waals surface area contributed by atoms with E-state index in [9.17, 15) is 24.6 Å². The normalized spacial score (nSPS) is 24.1. The molecule has 0 amide bonds. The molecule has 2 heterocycles. The lowest BCUT2D eigenvalue weighted by atomic mass is 9.65. The first-order valence-electron chi connectivity index (χ1n) is 31.3. The second-order valence-corrected chi connectivity index (χ2v) is 26.6. The summed E-state index contributed by atoms with van der Waals surface area (Å²) < 4.78 is 8.81. The molecular weight excluding hydrogens is 1010 g/mol. The summed E-state index contributed by atoms with van der Waals surface area (Å²) in [6, 6.07) is 17.7. The van der Waals surface area contributed by atoms with Gasteiger partial charge in [0.2, 0.25) is 5.69 Å². The van der Waals surface area contributed by atoms with Crippen molar-refractivity contribution in [3.05, 3.63) is 130 Å². The number of fused-ring (bicyclic) bond motifs is 3. The average Bonchev–Trinajstić information content (AvgIpc) is 3.77. The largest absolute Gasteiger partial charge is 0.461 e. The highest BCUT2D eigenvalue weighted by Gasteiger charge is 2.45. The van der Waals surface area contributed by atoms with Crippen molar-refractivity contribution in [3.8, 4) is 0 Å². The fraction of sp³-hybridized carbons (Fsp3) is 0.606. The maximum absolute atomic E-state index is 13.2. The molecular formula is C71H100ClN2O6+. The van der Waals surface area contributed by atoms with Crippen LogP contribution in [0.15, 0.2) is 119 Å². The van der Waals surface area contributed by atoms with Crippen molar-refractivity contribution in [1.29, 1.82) is 0 Å². The van der Waals surface area contributed by atoms with Gasteiger partial charge in [-0.05, 0) is 163 Å². The summed E-state index contributed by atoms with van der Waals surface area (Å²) in [5, 5.41) is 22.8. The van der Waals surface area contributed by atoms with Gasteiger partial charge in [-0.25, -0.2) is 0 Å². The minimum Gasteiger partial charge on any atom is -0.461 e. The van der Waals surface area contributed by atoms with E-state index in [4.69, 9.17) is 16.3 Å². The van der Waals surface area contributed by atoms with Crippen LogP contribution in [0.25, 0.3) is 0 Å². The Balaban J connectivity index is 0.831. The number of anilines is 1. The van der Waals surface area contributed by atoms with Crippen LogP contribution in [-0.2, 0) is 30.0 Å². The molecule has 80 heavy (non-hydrogen) atoms. The second-order valence-electron chi connectivity index (χ2n) is 26.2. The Hall–Kier alpha value is -4.63. The molecule has 9 heteroatoms. The molecule has 2 aromatic rings. The Labute approximate surface area is 487 Å². The number of aliphatic hydroxyl groups excluding tert-OH is 2. The molecule has 3 aliphatic carbocycles. The minimum absolute atomic E-state index is 0.00208. The predicted molar refractivity (Wildman–Crippen MR) is 331 cm³/mol. The van der Waals surface area contributed by atoms with Crippen molar-refractivity contribution >= 4 is 46.2 Å². The van der Waals surface area contributed by atoms with E-state index in [1.807, 2.05) is 20.8 Å². The lowest BCUT2D eigenvalue weighted by Gasteiger charge is -2.44. The topological polar surface area (TPSA) is 107 Å². The van der Waals surface area contributed by atoms with Gasteiger partial charge in [-0.1, -0.05) is 139 Å². The number of benzene rings is 2. The Morgan fingerprint density at radius 2 is 1.51 bits per heavy atom. The number of esters is 1. The van der Waals surface area contributed by atoms with E-state index in [1.54, 1.807) is 0 Å². The summed E-state index contributed by atoms with van der Waals surface area (Å²) in [6.07, 6.45) is 30.2. The fourth-order valence-electron chi connectivity index (χ4n) is 13.5. The van der Waals surface area contributed by atoms with E-state index >= 15 is 0 Å². The Morgan fingerprint density at radius 3 is 2.24 bits per heavy atom. The Bertz CT molecular complexity index is 2710. The molecule has 0 fully saturated rings.